The summed E-state index contributed by atoms with van der Waals surface area (Å²) in [6.07, 6.45) is 1.76. The summed E-state index contributed by atoms with van der Waals surface area (Å²) in [5.41, 5.74) is 1.88. The minimum Gasteiger partial charge on any atom is -0.493 e. The number of hydrogen-bond donors (Lipinski definition) is 0. The van der Waals surface area contributed by atoms with Crippen molar-refractivity contribution in [2.75, 3.05) is 21.2 Å². The molecule has 0 spiro atoms. The highest BCUT2D eigenvalue weighted by Crippen LogP contribution is 2.29. The Morgan fingerprint density at radius 2 is 1.91 bits per heavy atom. The Hall–Kier alpha value is -2.20. The van der Waals surface area contributed by atoms with Crippen LogP contribution in [0, 0.1) is 0 Å². The lowest BCUT2D eigenvalue weighted by molar-refractivity contribution is 0.284. The molecule has 2 aromatic carbocycles. The number of benzene rings is 2. The molecule has 22 heavy (non-hydrogen) atoms. The fourth-order valence-corrected chi connectivity index (χ4v) is 2.03. The third kappa shape index (κ3) is 4.40. The first-order valence-corrected chi connectivity index (χ1v) is 7.23. The Labute approximate surface area is 135 Å². The van der Waals surface area contributed by atoms with Gasteiger partial charge in [-0.2, -0.15) is 5.10 Å². The standard InChI is InChI=1S/C17H19ClN2O2/c1-20(2)19-11-13-8-9-16(17(10-13)21-3)22-12-14-6-4-5-7-15(14)18/h4-11H,12H2,1-3H3. The van der Waals surface area contributed by atoms with Gasteiger partial charge in [-0.05, 0) is 29.8 Å². The van der Waals surface area contributed by atoms with Crippen LogP contribution in [0.4, 0.5) is 0 Å². The van der Waals surface area contributed by atoms with Crippen LogP contribution in [0.15, 0.2) is 47.6 Å². The fourth-order valence-electron chi connectivity index (χ4n) is 1.84. The molecule has 5 heteroatoms. The van der Waals surface area contributed by atoms with Crippen LogP contribution in [-0.2, 0) is 6.61 Å². The fraction of sp³-hybridized carbons (Fsp3) is 0.235. The molecule has 0 saturated carbocycles. The number of ether oxygens (including phenoxy) is 2. The second-order valence-corrected chi connectivity index (χ2v) is 5.29. The Morgan fingerprint density at radius 3 is 2.59 bits per heavy atom. The third-order valence-electron chi connectivity index (χ3n) is 2.97. The summed E-state index contributed by atoms with van der Waals surface area (Å²) < 4.78 is 11.2. The van der Waals surface area contributed by atoms with Gasteiger partial charge in [0.15, 0.2) is 11.5 Å². The van der Waals surface area contributed by atoms with Gasteiger partial charge in [0.1, 0.15) is 6.61 Å². The molecule has 0 aromatic heterocycles. The maximum absolute atomic E-state index is 6.13. The second-order valence-electron chi connectivity index (χ2n) is 4.88. The maximum Gasteiger partial charge on any atom is 0.161 e. The lowest BCUT2D eigenvalue weighted by atomic mass is 10.2. The number of halogens is 1. The molecular weight excluding hydrogens is 300 g/mol. The molecule has 0 aliphatic heterocycles. The topological polar surface area (TPSA) is 34.1 Å². The highest BCUT2D eigenvalue weighted by molar-refractivity contribution is 6.31. The van der Waals surface area contributed by atoms with Gasteiger partial charge < -0.3 is 14.5 Å². The molecule has 2 rings (SSSR count). The third-order valence-corrected chi connectivity index (χ3v) is 3.34. The molecule has 0 amide bonds. The second kappa shape index (κ2) is 7.71. The van der Waals surface area contributed by atoms with Crippen LogP contribution in [0.25, 0.3) is 0 Å². The first kappa shape index (κ1) is 16.2. The van der Waals surface area contributed by atoms with E-state index in [2.05, 4.69) is 5.10 Å². The first-order valence-electron chi connectivity index (χ1n) is 6.85. The van der Waals surface area contributed by atoms with Crippen LogP contribution in [0.2, 0.25) is 5.02 Å². The van der Waals surface area contributed by atoms with Crippen LogP contribution >= 0.6 is 11.6 Å². The normalized spacial score (nSPS) is 10.7. The average molecular weight is 319 g/mol. The molecule has 0 fully saturated rings. The summed E-state index contributed by atoms with van der Waals surface area (Å²) in [5.74, 6) is 1.33. The Morgan fingerprint density at radius 1 is 1.14 bits per heavy atom. The van der Waals surface area contributed by atoms with E-state index in [0.717, 1.165) is 11.1 Å². The minimum atomic E-state index is 0.390. The molecule has 0 unspecified atom stereocenters. The summed E-state index contributed by atoms with van der Waals surface area (Å²) in [5, 5.41) is 6.62. The van der Waals surface area contributed by atoms with E-state index in [1.54, 1.807) is 18.3 Å². The van der Waals surface area contributed by atoms with E-state index in [1.165, 1.54) is 0 Å². The van der Waals surface area contributed by atoms with Gasteiger partial charge in [-0.15, -0.1) is 0 Å². The van der Waals surface area contributed by atoms with Crippen LogP contribution in [0.5, 0.6) is 11.5 Å². The van der Waals surface area contributed by atoms with Gasteiger partial charge in [0, 0.05) is 24.7 Å². The van der Waals surface area contributed by atoms with Gasteiger partial charge in [0.2, 0.25) is 0 Å². The monoisotopic (exact) mass is 318 g/mol. The molecule has 0 atom stereocenters. The average Bonchev–Trinajstić information content (AvgIpc) is 2.52. The van der Waals surface area contributed by atoms with Gasteiger partial charge in [-0.3, -0.25) is 0 Å². The number of hydrazone groups is 1. The number of methoxy groups -OCH3 is 1. The van der Waals surface area contributed by atoms with Gasteiger partial charge in [-0.25, -0.2) is 0 Å². The van der Waals surface area contributed by atoms with Crippen molar-refractivity contribution in [1.29, 1.82) is 0 Å². The largest absolute Gasteiger partial charge is 0.493 e. The van der Waals surface area contributed by atoms with E-state index < -0.39 is 0 Å². The quantitative estimate of drug-likeness (QED) is 0.600. The summed E-state index contributed by atoms with van der Waals surface area (Å²) in [7, 11) is 5.36. The molecule has 4 nitrogen and oxygen atoms in total. The SMILES string of the molecule is COc1cc(C=NN(C)C)ccc1OCc1ccccc1Cl. The first-order chi connectivity index (χ1) is 10.6. The van der Waals surface area contributed by atoms with E-state index in [-0.39, 0.29) is 0 Å². The molecular formula is C17H19ClN2O2. The zero-order chi connectivity index (χ0) is 15.9. The smallest absolute Gasteiger partial charge is 0.161 e. The lowest BCUT2D eigenvalue weighted by Crippen LogP contribution is -2.02. The molecule has 0 N–H and O–H groups in total. The zero-order valence-corrected chi connectivity index (χ0v) is 13.7. The number of hydrogen-bond acceptors (Lipinski definition) is 4. The molecule has 0 aliphatic rings. The summed E-state index contributed by atoms with van der Waals surface area (Å²) in [4.78, 5) is 0. The van der Waals surface area contributed by atoms with Gasteiger partial charge >= 0.3 is 0 Å². The molecule has 0 saturated heterocycles. The van der Waals surface area contributed by atoms with Crippen molar-refractivity contribution in [3.05, 3.63) is 58.6 Å². The van der Waals surface area contributed by atoms with Crippen LogP contribution in [-0.4, -0.2) is 32.4 Å². The highest BCUT2D eigenvalue weighted by atomic mass is 35.5. The van der Waals surface area contributed by atoms with Crippen molar-refractivity contribution in [1.82, 2.24) is 5.01 Å². The molecule has 0 radical (unpaired) electrons. The van der Waals surface area contributed by atoms with Crippen LogP contribution < -0.4 is 9.47 Å². The van der Waals surface area contributed by atoms with Crippen molar-refractivity contribution in [3.63, 3.8) is 0 Å². The van der Waals surface area contributed by atoms with Crippen LogP contribution in [0.3, 0.4) is 0 Å². The van der Waals surface area contributed by atoms with E-state index in [1.807, 2.05) is 56.6 Å². The molecule has 2 aromatic rings. The minimum absolute atomic E-state index is 0.390. The Kier molecular flexibility index (Phi) is 5.67. The van der Waals surface area contributed by atoms with Gasteiger partial charge in [0.25, 0.3) is 0 Å². The van der Waals surface area contributed by atoms with E-state index in [4.69, 9.17) is 21.1 Å². The van der Waals surface area contributed by atoms with Crippen molar-refractivity contribution in [3.8, 4) is 11.5 Å². The van der Waals surface area contributed by atoms with Crippen LogP contribution in [0.1, 0.15) is 11.1 Å². The van der Waals surface area contributed by atoms with Gasteiger partial charge in [0.05, 0.1) is 13.3 Å². The Bertz CT molecular complexity index is 657. The van der Waals surface area contributed by atoms with Crippen molar-refractivity contribution in [2.45, 2.75) is 6.61 Å². The summed E-state index contributed by atoms with van der Waals surface area (Å²) in [6, 6.07) is 13.3. The maximum atomic E-state index is 6.13. The highest BCUT2D eigenvalue weighted by Gasteiger charge is 2.07. The molecule has 0 aliphatic carbocycles. The number of nitrogens with zero attached hydrogens (tertiary/aromatic N) is 2. The number of rotatable bonds is 6. The van der Waals surface area contributed by atoms with Crippen molar-refractivity contribution < 1.29 is 9.47 Å². The summed E-state index contributed by atoms with van der Waals surface area (Å²) in [6.45, 7) is 0.390. The zero-order valence-electron chi connectivity index (χ0n) is 12.9. The Balaban J connectivity index is 2.12. The molecule has 116 valence electrons. The van der Waals surface area contributed by atoms with E-state index >= 15 is 0 Å². The molecule has 0 bridgehead atoms. The van der Waals surface area contributed by atoms with E-state index in [0.29, 0.717) is 23.1 Å². The molecule has 0 heterocycles. The van der Waals surface area contributed by atoms with Crippen molar-refractivity contribution in [2.24, 2.45) is 5.10 Å². The van der Waals surface area contributed by atoms with Gasteiger partial charge in [-0.1, -0.05) is 29.8 Å². The predicted octanol–water partition coefficient (Wildman–Crippen LogP) is 3.82. The van der Waals surface area contributed by atoms with E-state index in [9.17, 15) is 0 Å². The lowest BCUT2D eigenvalue weighted by Gasteiger charge is -2.12. The van der Waals surface area contributed by atoms with Crippen molar-refractivity contribution >= 4 is 17.8 Å². The predicted molar refractivity (Wildman–Crippen MR) is 90.1 cm³/mol. The summed E-state index contributed by atoms with van der Waals surface area (Å²) >= 11 is 6.13.